The molecule has 7 heteroatoms. The molecular weight excluding hydrogens is 346 g/mol. The maximum absolute atomic E-state index is 13.3. The van der Waals surface area contributed by atoms with E-state index in [2.05, 4.69) is 17.0 Å². The summed E-state index contributed by atoms with van der Waals surface area (Å²) >= 11 is 0. The number of ether oxygens (including phenoxy) is 2. The van der Waals surface area contributed by atoms with E-state index in [1.165, 1.54) is 18.2 Å². The van der Waals surface area contributed by atoms with Gasteiger partial charge in [0.15, 0.2) is 0 Å². The number of likely N-dealkylation sites (N-methyl/N-ethyl adjacent to an activating group) is 1. The Hall–Kier alpha value is -2.12. The zero-order chi connectivity index (χ0) is 19.4. The Kier molecular flexibility index (Phi) is 6.34. The standard InChI is InChI=1S/C20H29N3O4/c1-21-10-11-23(19(24)14-26-2)18(13-21)20(25)22-8-6-15-4-5-17(27-3)12-16(15)7-9-22/h4-5,12,18H,6-11,13-14H2,1-3H3. The number of rotatable bonds is 4. The predicted molar refractivity (Wildman–Crippen MR) is 102 cm³/mol. The Morgan fingerprint density at radius 2 is 1.81 bits per heavy atom. The molecule has 148 valence electrons. The van der Waals surface area contributed by atoms with Crippen molar-refractivity contribution in [3.63, 3.8) is 0 Å². The van der Waals surface area contributed by atoms with Crippen molar-refractivity contribution in [2.24, 2.45) is 0 Å². The van der Waals surface area contributed by atoms with E-state index in [1.807, 2.05) is 18.0 Å². The summed E-state index contributed by atoms with van der Waals surface area (Å²) in [5, 5.41) is 0. The zero-order valence-electron chi connectivity index (χ0n) is 16.4. The maximum atomic E-state index is 13.3. The van der Waals surface area contributed by atoms with E-state index >= 15 is 0 Å². The van der Waals surface area contributed by atoms with Gasteiger partial charge >= 0.3 is 0 Å². The number of methoxy groups -OCH3 is 2. The summed E-state index contributed by atoms with van der Waals surface area (Å²) in [6, 6.07) is 5.68. The number of carbonyl (C=O) groups excluding carboxylic acids is 2. The first-order valence-electron chi connectivity index (χ1n) is 9.45. The van der Waals surface area contributed by atoms with Crippen LogP contribution in [-0.2, 0) is 27.2 Å². The minimum atomic E-state index is -0.442. The molecule has 2 aliphatic heterocycles. The smallest absolute Gasteiger partial charge is 0.249 e. The summed E-state index contributed by atoms with van der Waals surface area (Å²) in [5.74, 6) is 0.760. The molecule has 1 aromatic carbocycles. The predicted octanol–water partition coefficient (Wildman–Crippen LogP) is 0.411. The van der Waals surface area contributed by atoms with Gasteiger partial charge in [-0.3, -0.25) is 9.59 Å². The number of carbonyl (C=O) groups is 2. The number of hydrogen-bond acceptors (Lipinski definition) is 5. The molecule has 2 heterocycles. The van der Waals surface area contributed by atoms with Crippen molar-refractivity contribution >= 4 is 11.8 Å². The van der Waals surface area contributed by atoms with Crippen molar-refractivity contribution in [1.82, 2.24) is 14.7 Å². The summed E-state index contributed by atoms with van der Waals surface area (Å²) in [6.07, 6.45) is 1.62. The molecule has 1 fully saturated rings. The van der Waals surface area contributed by atoms with Crippen LogP contribution >= 0.6 is 0 Å². The van der Waals surface area contributed by atoms with E-state index in [4.69, 9.17) is 9.47 Å². The van der Waals surface area contributed by atoms with Crippen LogP contribution < -0.4 is 4.74 Å². The molecule has 7 nitrogen and oxygen atoms in total. The molecule has 0 bridgehead atoms. The second kappa shape index (κ2) is 8.71. The molecule has 2 amide bonds. The fraction of sp³-hybridized carbons (Fsp3) is 0.600. The molecule has 27 heavy (non-hydrogen) atoms. The van der Waals surface area contributed by atoms with E-state index in [0.717, 1.165) is 25.1 Å². The Labute approximate surface area is 160 Å². The van der Waals surface area contributed by atoms with E-state index in [-0.39, 0.29) is 18.4 Å². The fourth-order valence-corrected chi connectivity index (χ4v) is 3.90. The number of nitrogens with zero attached hydrogens (tertiary/aromatic N) is 3. The molecule has 0 aromatic heterocycles. The van der Waals surface area contributed by atoms with Gasteiger partial charge in [-0.1, -0.05) is 6.07 Å². The summed E-state index contributed by atoms with van der Waals surface area (Å²) < 4.78 is 10.3. The Morgan fingerprint density at radius 3 is 2.52 bits per heavy atom. The lowest BCUT2D eigenvalue weighted by Gasteiger charge is -2.41. The van der Waals surface area contributed by atoms with Crippen LogP contribution in [0.5, 0.6) is 5.75 Å². The second-order valence-corrected chi connectivity index (χ2v) is 7.26. The monoisotopic (exact) mass is 375 g/mol. The van der Waals surface area contributed by atoms with Crippen molar-refractivity contribution in [2.75, 3.05) is 60.6 Å². The highest BCUT2D eigenvalue weighted by Gasteiger charge is 2.36. The van der Waals surface area contributed by atoms with Gasteiger partial charge in [0.05, 0.1) is 7.11 Å². The van der Waals surface area contributed by atoms with E-state index in [1.54, 1.807) is 12.0 Å². The molecule has 1 saturated heterocycles. The third-order valence-corrected chi connectivity index (χ3v) is 5.48. The zero-order valence-corrected chi connectivity index (χ0v) is 16.4. The van der Waals surface area contributed by atoms with Crippen molar-refractivity contribution in [3.8, 4) is 5.75 Å². The van der Waals surface area contributed by atoms with Gasteiger partial charge in [0.25, 0.3) is 0 Å². The molecule has 1 unspecified atom stereocenters. The van der Waals surface area contributed by atoms with E-state index in [0.29, 0.717) is 26.2 Å². The van der Waals surface area contributed by atoms with Gasteiger partial charge in [-0.15, -0.1) is 0 Å². The fourth-order valence-electron chi connectivity index (χ4n) is 3.90. The summed E-state index contributed by atoms with van der Waals surface area (Å²) in [7, 11) is 5.16. The van der Waals surface area contributed by atoms with Crippen LogP contribution in [0.4, 0.5) is 0 Å². The van der Waals surface area contributed by atoms with Crippen molar-refractivity contribution in [1.29, 1.82) is 0 Å². The van der Waals surface area contributed by atoms with Crippen LogP contribution in [0.2, 0.25) is 0 Å². The van der Waals surface area contributed by atoms with Gasteiger partial charge in [-0.25, -0.2) is 0 Å². The third-order valence-electron chi connectivity index (χ3n) is 5.48. The van der Waals surface area contributed by atoms with Crippen LogP contribution in [0, 0.1) is 0 Å². The molecular formula is C20H29N3O4. The first-order chi connectivity index (χ1) is 13.0. The molecule has 1 atom stereocenters. The number of piperazine rings is 1. The number of fused-ring (bicyclic) bond motifs is 1. The largest absolute Gasteiger partial charge is 0.497 e. The van der Waals surface area contributed by atoms with E-state index < -0.39 is 6.04 Å². The van der Waals surface area contributed by atoms with Crippen molar-refractivity contribution in [3.05, 3.63) is 29.3 Å². The van der Waals surface area contributed by atoms with Gasteiger partial charge in [-0.2, -0.15) is 0 Å². The molecule has 0 saturated carbocycles. The molecule has 2 aliphatic rings. The Bertz CT molecular complexity index is 694. The third kappa shape index (κ3) is 4.42. The van der Waals surface area contributed by atoms with Crippen LogP contribution in [0.15, 0.2) is 18.2 Å². The first-order valence-corrected chi connectivity index (χ1v) is 9.45. The summed E-state index contributed by atoms with van der Waals surface area (Å²) in [6.45, 7) is 3.23. The van der Waals surface area contributed by atoms with Crippen LogP contribution in [-0.4, -0.2) is 93.2 Å². The van der Waals surface area contributed by atoms with Crippen LogP contribution in [0.25, 0.3) is 0 Å². The normalized spacial score (nSPS) is 20.8. The highest BCUT2D eigenvalue weighted by atomic mass is 16.5. The number of hydrogen-bond donors (Lipinski definition) is 0. The topological polar surface area (TPSA) is 62.3 Å². The first kappa shape index (κ1) is 19.6. The van der Waals surface area contributed by atoms with Crippen molar-refractivity contribution < 1.29 is 19.1 Å². The van der Waals surface area contributed by atoms with Crippen LogP contribution in [0.3, 0.4) is 0 Å². The molecule has 0 N–H and O–H groups in total. The average Bonchev–Trinajstić information content (AvgIpc) is 2.89. The maximum Gasteiger partial charge on any atom is 0.249 e. The lowest BCUT2D eigenvalue weighted by Crippen LogP contribution is -2.61. The molecule has 3 rings (SSSR count). The molecule has 1 aromatic rings. The highest BCUT2D eigenvalue weighted by molar-refractivity contribution is 5.88. The molecule has 0 aliphatic carbocycles. The summed E-state index contributed by atoms with van der Waals surface area (Å²) in [5.41, 5.74) is 2.50. The molecule has 0 radical (unpaired) electrons. The minimum absolute atomic E-state index is 0.0126. The second-order valence-electron chi connectivity index (χ2n) is 7.26. The van der Waals surface area contributed by atoms with Gasteiger partial charge in [0, 0.05) is 39.8 Å². The lowest BCUT2D eigenvalue weighted by atomic mass is 10.0. The van der Waals surface area contributed by atoms with Crippen LogP contribution in [0.1, 0.15) is 11.1 Å². The number of amides is 2. The SMILES string of the molecule is COCC(=O)N1CCN(C)CC1C(=O)N1CCc2ccc(OC)cc2CC1. The van der Waals surface area contributed by atoms with Gasteiger partial charge in [-0.05, 0) is 43.1 Å². The van der Waals surface area contributed by atoms with Gasteiger partial charge < -0.3 is 24.2 Å². The summed E-state index contributed by atoms with van der Waals surface area (Å²) in [4.78, 5) is 31.4. The minimum Gasteiger partial charge on any atom is -0.497 e. The lowest BCUT2D eigenvalue weighted by molar-refractivity contribution is -0.151. The van der Waals surface area contributed by atoms with Gasteiger partial charge in [0.2, 0.25) is 11.8 Å². The number of benzene rings is 1. The highest BCUT2D eigenvalue weighted by Crippen LogP contribution is 2.23. The van der Waals surface area contributed by atoms with Gasteiger partial charge in [0.1, 0.15) is 18.4 Å². The Balaban J connectivity index is 1.73. The average molecular weight is 375 g/mol. The quantitative estimate of drug-likeness (QED) is 0.763. The Morgan fingerprint density at radius 1 is 1.07 bits per heavy atom. The van der Waals surface area contributed by atoms with E-state index in [9.17, 15) is 9.59 Å². The van der Waals surface area contributed by atoms with Crippen molar-refractivity contribution in [2.45, 2.75) is 18.9 Å². The molecule has 0 spiro atoms.